The molecule has 6 heterocycles. The molecule has 44 heteroatoms. The summed E-state index contributed by atoms with van der Waals surface area (Å²) < 4.78 is 295. The van der Waals surface area contributed by atoms with Crippen LogP contribution in [-0.4, -0.2) is 99.4 Å². The number of hydrogen-bond donors (Lipinski definition) is 4. The van der Waals surface area contributed by atoms with Crippen molar-refractivity contribution in [1.82, 2.24) is 68.9 Å². The maximum atomic E-state index is 15.4. The Balaban J connectivity index is 0.000000180. The van der Waals surface area contributed by atoms with Gasteiger partial charge in [-0.25, -0.2) is 79.5 Å². The van der Waals surface area contributed by atoms with E-state index in [1.54, 1.807) is 0 Å². The average molecular weight is 1680 g/mol. The van der Waals surface area contributed by atoms with Crippen LogP contribution in [0.1, 0.15) is 106 Å². The van der Waals surface area contributed by atoms with Gasteiger partial charge in [-0.3, -0.25) is 56.5 Å². The molecule has 4 aliphatic rings. The van der Waals surface area contributed by atoms with Crippen molar-refractivity contribution in [3.63, 3.8) is 0 Å². The second-order valence-electron chi connectivity index (χ2n) is 27.6. The van der Waals surface area contributed by atoms with E-state index in [0.717, 1.165) is 55.3 Å². The predicted octanol–water partition coefficient (Wildman–Crippen LogP) is 12.6. The number of fused-ring (bicyclic) bond motifs is 10. The number of alkyl halides is 8. The maximum Gasteiger partial charge on any atom is 0.293 e. The van der Waals surface area contributed by atoms with Crippen LogP contribution < -0.4 is 31.2 Å². The van der Waals surface area contributed by atoms with Gasteiger partial charge in [0.25, 0.3) is 35.8 Å². The van der Waals surface area contributed by atoms with Crippen LogP contribution in [0, 0.1) is 58.4 Å². The summed E-state index contributed by atoms with van der Waals surface area (Å²) in [7, 11) is -5.29. The van der Waals surface area contributed by atoms with Crippen molar-refractivity contribution in [3.8, 4) is 11.4 Å². The Bertz CT molecular complexity index is 6110. The van der Waals surface area contributed by atoms with Gasteiger partial charge >= 0.3 is 0 Å². The van der Waals surface area contributed by atoms with E-state index in [1.165, 1.54) is 38.4 Å². The lowest BCUT2D eigenvalue weighted by Gasteiger charge is -2.24. The summed E-state index contributed by atoms with van der Waals surface area (Å²) in [5.74, 6) is -24.8. The van der Waals surface area contributed by atoms with E-state index in [2.05, 4.69) is 50.4 Å². The molecule has 0 radical (unpaired) electrons. The van der Waals surface area contributed by atoms with Crippen molar-refractivity contribution in [1.29, 1.82) is 0 Å². The van der Waals surface area contributed by atoms with E-state index in [1.807, 2.05) is 0 Å². The van der Waals surface area contributed by atoms with Gasteiger partial charge in [-0.05, 0) is 109 Å². The van der Waals surface area contributed by atoms with Crippen molar-refractivity contribution in [2.75, 3.05) is 22.0 Å². The molecular weight excluding hydrogens is 1630 g/mol. The highest BCUT2D eigenvalue weighted by Crippen LogP contribution is 2.69. The molecule has 6 atom stereocenters. The molecule has 24 nitrogen and oxygen atoms in total. The highest BCUT2D eigenvalue weighted by atomic mass is 35.5. The Labute approximate surface area is 638 Å². The Morgan fingerprint density at radius 3 is 1.18 bits per heavy atom. The number of hydrogen-bond acceptors (Lipinski definition) is 14. The van der Waals surface area contributed by atoms with E-state index in [9.17, 15) is 71.1 Å². The van der Waals surface area contributed by atoms with Crippen molar-refractivity contribution >= 4 is 110 Å². The molecule has 4 aliphatic carbocycles. The first-order valence-corrected chi connectivity index (χ1v) is 38.1. The number of aromatic nitrogens is 12. The van der Waals surface area contributed by atoms with Crippen molar-refractivity contribution < 1.29 is 96.7 Å². The van der Waals surface area contributed by atoms with Gasteiger partial charge in [-0.15, -0.1) is 0 Å². The topological polar surface area (TPSA) is 292 Å². The van der Waals surface area contributed by atoms with Crippen molar-refractivity contribution in [3.05, 3.63) is 219 Å². The van der Waals surface area contributed by atoms with E-state index >= 15 is 35.1 Å². The number of sulfonamides is 2. The number of aryl methyl sites for hydroxylation is 2. The fourth-order valence-corrected chi connectivity index (χ4v) is 16.7. The van der Waals surface area contributed by atoms with Crippen LogP contribution in [0.5, 0.6) is 0 Å². The molecule has 16 rings (SSSR count). The van der Waals surface area contributed by atoms with Crippen LogP contribution in [0.25, 0.3) is 55.0 Å². The zero-order chi connectivity index (χ0) is 82.1. The molecule has 6 aromatic heterocycles. The fourth-order valence-electron chi connectivity index (χ4n) is 15.2. The first kappa shape index (κ1) is 78.1. The van der Waals surface area contributed by atoms with Gasteiger partial charge in [-0.2, -0.15) is 38.0 Å². The average Bonchev–Trinajstić information content (AvgIpc) is 1.52. The molecule has 6 aromatic carbocycles. The molecule has 0 bridgehead atoms. The quantitative estimate of drug-likeness (QED) is 0.0516. The van der Waals surface area contributed by atoms with Gasteiger partial charge in [0, 0.05) is 62.0 Å². The standard InChI is InChI=1S/2C35H25ClF8N8O4S/c2*1-50-29-22(6-3-18(36)25(29)32(48-50)49-57(2,55)56)52-33(46-27-20(40)5-4-19(39)26(27)34(52)54)21(9-13-7-14(37)10-15(38)8-13)45-23(53)12-51-30-24(28(47-51)31(41)42)16-11-17(16)35(30,43)44/h2*3-8,10,16-17,21,31H,9,11-12H2,1-2H3,(H,45,53)(H,48,49)/t16-,17+,21?;16-,17+,21-/m00/s1. The first-order chi connectivity index (χ1) is 53.5. The Morgan fingerprint density at radius 2 is 0.851 bits per heavy atom. The van der Waals surface area contributed by atoms with E-state index in [-0.39, 0.29) is 90.0 Å². The third-order valence-electron chi connectivity index (χ3n) is 19.7. The number of rotatable bonds is 20. The van der Waals surface area contributed by atoms with Crippen molar-refractivity contribution in [2.24, 2.45) is 25.9 Å². The van der Waals surface area contributed by atoms with E-state index in [4.69, 9.17) is 23.2 Å². The molecule has 2 saturated carbocycles. The maximum absolute atomic E-state index is 15.4. The lowest BCUT2D eigenvalue weighted by molar-refractivity contribution is -0.123. The number of amides is 2. The zero-order valence-corrected chi connectivity index (χ0v) is 61.3. The van der Waals surface area contributed by atoms with Gasteiger partial charge < -0.3 is 10.6 Å². The third kappa shape index (κ3) is 13.7. The summed E-state index contributed by atoms with van der Waals surface area (Å²) in [6.45, 7) is -2.18. The summed E-state index contributed by atoms with van der Waals surface area (Å²) in [6, 6.07) is 8.55. The highest BCUT2D eigenvalue weighted by Gasteiger charge is 2.68. The second-order valence-corrected chi connectivity index (χ2v) is 31.9. The SMILES string of the molecule is Cn1nc(NS(C)(=O)=O)c2c(Cl)ccc(-n3c(C(Cc4cc(F)cc(F)c4)NC(=O)Cn4nc(C(F)F)c5c4C(F)(F)[C@@H]4C[C@H]54)nc4c(F)ccc(F)c4c3=O)c21.Cn1nc(NS(C)(=O)=O)c2c(Cl)ccc(-n3c([C@H](Cc4cc(F)cc(F)c4)NC(=O)Cn4nc(C(F)F)c5c4C(F)(F)[C@@H]4C[C@H]54)nc4c(F)ccc(F)c4c3=O)c21. The van der Waals surface area contributed by atoms with Crippen LogP contribution in [0.3, 0.4) is 0 Å². The Kier molecular flexibility index (Phi) is 19.1. The minimum atomic E-state index is -3.98. The van der Waals surface area contributed by atoms with Crippen LogP contribution >= 0.6 is 23.2 Å². The fraction of sp³-hybridized carbons (Fsp3) is 0.286. The van der Waals surface area contributed by atoms with E-state index < -0.39 is 232 Å². The molecule has 2 amide bonds. The van der Waals surface area contributed by atoms with Crippen molar-refractivity contribution in [2.45, 2.75) is 87.4 Å². The second kappa shape index (κ2) is 27.9. The lowest BCUT2D eigenvalue weighted by atomic mass is 10.0. The van der Waals surface area contributed by atoms with Gasteiger partial charge in [0.2, 0.25) is 31.9 Å². The lowest BCUT2D eigenvalue weighted by Crippen LogP contribution is -2.38. The van der Waals surface area contributed by atoms with Crippen LogP contribution in [0.15, 0.2) is 94.5 Å². The third-order valence-corrected chi connectivity index (χ3v) is 21.5. The largest absolute Gasteiger partial charge is 0.344 e. The normalized spacial score (nSPS) is 17.6. The summed E-state index contributed by atoms with van der Waals surface area (Å²) >= 11 is 13.0. The van der Waals surface area contributed by atoms with Gasteiger partial charge in [0.1, 0.15) is 116 Å². The van der Waals surface area contributed by atoms with E-state index in [0.29, 0.717) is 45.8 Å². The molecule has 0 saturated heterocycles. The number of anilines is 2. The molecule has 2 fully saturated rings. The number of nitrogens with zero attached hydrogens (tertiary/aromatic N) is 12. The zero-order valence-electron chi connectivity index (χ0n) is 58.2. The number of nitrogens with one attached hydrogen (secondary N) is 4. The molecule has 114 heavy (non-hydrogen) atoms. The summed E-state index contributed by atoms with van der Waals surface area (Å²) in [6.07, 6.45) is -6.23. The number of carbonyl (C=O) groups is 2. The van der Waals surface area contributed by atoms with Crippen LogP contribution in [0.2, 0.25) is 10.0 Å². The number of benzene rings is 6. The molecule has 1 unspecified atom stereocenters. The summed E-state index contributed by atoms with van der Waals surface area (Å²) in [5.41, 5.74) is -9.49. The molecule has 12 aromatic rings. The number of halogens is 18. The first-order valence-electron chi connectivity index (χ1n) is 33.6. The Morgan fingerprint density at radius 1 is 0.509 bits per heavy atom. The summed E-state index contributed by atoms with van der Waals surface area (Å²) in [4.78, 5) is 65.2. The van der Waals surface area contributed by atoms with Gasteiger partial charge in [-0.1, -0.05) is 23.2 Å². The molecule has 4 N–H and O–H groups in total. The van der Waals surface area contributed by atoms with Gasteiger partial charge in [0.15, 0.2) is 11.6 Å². The number of carbonyl (C=O) groups excluding carboxylic acids is 2. The smallest absolute Gasteiger partial charge is 0.293 e. The monoisotopic (exact) mass is 1680 g/mol. The van der Waals surface area contributed by atoms with Crippen LogP contribution in [-0.2, 0) is 81.5 Å². The minimum absolute atomic E-state index is 0.0490. The molecule has 0 aliphatic heterocycles. The highest BCUT2D eigenvalue weighted by molar-refractivity contribution is 7.92. The van der Waals surface area contributed by atoms with Crippen LogP contribution in [0.4, 0.5) is 81.9 Å². The van der Waals surface area contributed by atoms with Gasteiger partial charge in [0.05, 0.1) is 67.8 Å². The Hall–Kier alpha value is -11.1. The molecular formula is C70H50Cl2F16N16O8S2. The molecule has 0 spiro atoms. The predicted molar refractivity (Wildman–Crippen MR) is 376 cm³/mol. The summed E-state index contributed by atoms with van der Waals surface area (Å²) in [5, 5.41) is 18.4. The minimum Gasteiger partial charge on any atom is -0.344 e. The molecule has 596 valence electrons.